The van der Waals surface area contributed by atoms with Crippen LogP contribution < -0.4 is 15.4 Å². The first-order valence-corrected chi connectivity index (χ1v) is 12.3. The Labute approximate surface area is 199 Å². The quantitative estimate of drug-likeness (QED) is 0.376. The second-order valence-electron chi connectivity index (χ2n) is 7.97. The number of ketones is 1. The molecule has 5 rings (SSSR count). The summed E-state index contributed by atoms with van der Waals surface area (Å²) in [7, 11) is 0. The molecule has 0 fully saturated rings. The van der Waals surface area contributed by atoms with E-state index in [1.165, 1.54) is 4.88 Å². The fourth-order valence-corrected chi connectivity index (χ4v) is 5.76. The van der Waals surface area contributed by atoms with Crippen molar-refractivity contribution in [1.82, 2.24) is 0 Å². The molecule has 3 aromatic rings. The van der Waals surface area contributed by atoms with Gasteiger partial charge in [-0.2, -0.15) is 0 Å². The Bertz CT molecular complexity index is 1190. The summed E-state index contributed by atoms with van der Waals surface area (Å²) in [4.78, 5) is 14.8. The first kappa shape index (κ1) is 21.1. The first-order chi connectivity index (χ1) is 15.5. The second kappa shape index (κ2) is 8.64. The lowest BCUT2D eigenvalue weighted by atomic mass is 9.78. The van der Waals surface area contributed by atoms with Crippen molar-refractivity contribution >= 4 is 44.4 Å². The third-order valence-electron chi connectivity index (χ3n) is 5.95. The molecule has 1 aromatic heterocycles. The minimum Gasteiger partial charge on any atom is -0.503 e. The van der Waals surface area contributed by atoms with Crippen molar-refractivity contribution in [2.75, 3.05) is 17.2 Å². The number of benzene rings is 2. The van der Waals surface area contributed by atoms with Crippen LogP contribution in [-0.2, 0) is 4.79 Å². The number of phenols is 1. The fraction of sp³-hybridized carbons (Fsp3) is 0.240. The van der Waals surface area contributed by atoms with E-state index in [0.29, 0.717) is 23.2 Å². The van der Waals surface area contributed by atoms with Gasteiger partial charge in [0.15, 0.2) is 11.5 Å². The van der Waals surface area contributed by atoms with E-state index >= 15 is 0 Å². The van der Waals surface area contributed by atoms with Gasteiger partial charge in [0.1, 0.15) is 5.78 Å². The summed E-state index contributed by atoms with van der Waals surface area (Å²) in [5, 5.41) is 19.6. The highest BCUT2D eigenvalue weighted by molar-refractivity contribution is 9.10. The Kier molecular flexibility index (Phi) is 5.69. The van der Waals surface area contributed by atoms with Crippen molar-refractivity contribution in [3.63, 3.8) is 0 Å². The standard InChI is InChI=1S/C25H23BrN2O3S/c1-2-31-21-13-15(10-16(26)25(21)30)24-23-19(27-17-6-3-4-7-18(17)28-24)11-14(12-20(23)29)22-8-5-9-32-22/h3-11,13-14,23-24,27-28,30H,2,12H2,1H3. The molecule has 0 saturated heterocycles. The summed E-state index contributed by atoms with van der Waals surface area (Å²) >= 11 is 5.13. The molecule has 3 N–H and O–H groups in total. The molecule has 7 heteroatoms. The van der Waals surface area contributed by atoms with Crippen LogP contribution in [0.2, 0.25) is 0 Å². The SMILES string of the molecule is CCOc1cc(C2Nc3ccccc3NC3=CC(c4cccs4)CC(=O)C32)cc(Br)c1O. The Morgan fingerprint density at radius 1 is 1.19 bits per heavy atom. The number of para-hydroxylation sites is 2. The van der Waals surface area contributed by atoms with Gasteiger partial charge in [-0.3, -0.25) is 4.79 Å². The van der Waals surface area contributed by atoms with Crippen LogP contribution >= 0.6 is 27.3 Å². The highest BCUT2D eigenvalue weighted by Crippen LogP contribution is 2.47. The molecule has 2 aliphatic rings. The number of Topliss-reactive ketones (excluding diaryl/α,β-unsaturated/α-hetero) is 1. The molecule has 3 unspecified atom stereocenters. The van der Waals surface area contributed by atoms with Crippen molar-refractivity contribution in [3.8, 4) is 11.5 Å². The maximum absolute atomic E-state index is 13.6. The molecule has 0 radical (unpaired) electrons. The van der Waals surface area contributed by atoms with E-state index in [4.69, 9.17) is 4.74 Å². The summed E-state index contributed by atoms with van der Waals surface area (Å²) in [5.74, 6) is 0.323. The summed E-state index contributed by atoms with van der Waals surface area (Å²) in [5.41, 5.74) is 3.64. The van der Waals surface area contributed by atoms with Crippen LogP contribution in [-0.4, -0.2) is 17.5 Å². The zero-order valence-electron chi connectivity index (χ0n) is 17.5. The zero-order valence-corrected chi connectivity index (χ0v) is 19.9. The summed E-state index contributed by atoms with van der Waals surface area (Å²) in [6.45, 7) is 2.31. The Morgan fingerprint density at radius 2 is 2.00 bits per heavy atom. The van der Waals surface area contributed by atoms with Gasteiger partial charge in [-0.1, -0.05) is 24.3 Å². The van der Waals surface area contributed by atoms with Gasteiger partial charge in [-0.05, 0) is 64.1 Å². The number of fused-ring (bicyclic) bond motifs is 2. The van der Waals surface area contributed by atoms with E-state index in [0.717, 1.165) is 22.6 Å². The number of rotatable bonds is 4. The van der Waals surface area contributed by atoms with E-state index in [-0.39, 0.29) is 29.4 Å². The molecule has 5 nitrogen and oxygen atoms in total. The number of hydrogen-bond acceptors (Lipinski definition) is 6. The number of hydrogen-bond donors (Lipinski definition) is 3. The van der Waals surface area contributed by atoms with Gasteiger partial charge >= 0.3 is 0 Å². The van der Waals surface area contributed by atoms with Gasteiger partial charge in [-0.25, -0.2) is 0 Å². The summed E-state index contributed by atoms with van der Waals surface area (Å²) < 4.78 is 6.19. The molecule has 2 heterocycles. The third-order valence-corrected chi connectivity index (χ3v) is 7.56. The van der Waals surface area contributed by atoms with Gasteiger partial charge in [0.05, 0.1) is 34.4 Å². The number of allylic oxidation sites excluding steroid dienone is 1. The number of ether oxygens (including phenoxy) is 1. The maximum Gasteiger partial charge on any atom is 0.172 e. The van der Waals surface area contributed by atoms with Crippen molar-refractivity contribution in [2.24, 2.45) is 5.92 Å². The van der Waals surface area contributed by atoms with Gasteiger partial charge in [0, 0.05) is 22.9 Å². The van der Waals surface area contributed by atoms with E-state index in [1.54, 1.807) is 11.3 Å². The largest absolute Gasteiger partial charge is 0.503 e. The minimum absolute atomic E-state index is 0.0613. The number of anilines is 2. The Morgan fingerprint density at radius 3 is 2.75 bits per heavy atom. The Balaban J connectivity index is 1.64. The van der Waals surface area contributed by atoms with E-state index in [9.17, 15) is 9.90 Å². The molecule has 3 atom stereocenters. The van der Waals surface area contributed by atoms with Crippen LogP contribution in [0.4, 0.5) is 11.4 Å². The third kappa shape index (κ3) is 3.80. The van der Waals surface area contributed by atoms with Crippen LogP contribution in [0.15, 0.2) is 70.2 Å². The van der Waals surface area contributed by atoms with Gasteiger partial charge in [0.2, 0.25) is 0 Å². The van der Waals surface area contributed by atoms with E-state index in [1.807, 2.05) is 54.8 Å². The fourth-order valence-electron chi connectivity index (χ4n) is 4.51. The van der Waals surface area contributed by atoms with E-state index < -0.39 is 0 Å². The Hall–Kier alpha value is -2.77. The van der Waals surface area contributed by atoms with Crippen LogP contribution in [0.3, 0.4) is 0 Å². The molecule has 0 amide bonds. The lowest BCUT2D eigenvalue weighted by Crippen LogP contribution is -2.33. The number of aromatic hydroxyl groups is 1. The highest BCUT2D eigenvalue weighted by atomic mass is 79.9. The normalized spacial score (nSPS) is 22.0. The molecule has 1 aliphatic heterocycles. The number of phenolic OH excluding ortho intramolecular Hbond substituents is 1. The van der Waals surface area contributed by atoms with Crippen molar-refractivity contribution < 1.29 is 14.6 Å². The molecular formula is C25H23BrN2O3S. The first-order valence-electron chi connectivity index (χ1n) is 10.6. The summed E-state index contributed by atoms with van der Waals surface area (Å²) in [6, 6.07) is 15.5. The molecule has 0 saturated carbocycles. The maximum atomic E-state index is 13.6. The van der Waals surface area contributed by atoms with Gasteiger partial charge in [0.25, 0.3) is 0 Å². The molecule has 164 valence electrons. The predicted octanol–water partition coefficient (Wildman–Crippen LogP) is 6.45. The van der Waals surface area contributed by atoms with E-state index in [2.05, 4.69) is 38.7 Å². The smallest absolute Gasteiger partial charge is 0.172 e. The van der Waals surface area contributed by atoms with Gasteiger partial charge in [-0.15, -0.1) is 11.3 Å². The molecule has 0 bridgehead atoms. The van der Waals surface area contributed by atoms with Crippen molar-refractivity contribution in [3.05, 3.63) is 80.6 Å². The van der Waals surface area contributed by atoms with Crippen molar-refractivity contribution in [2.45, 2.75) is 25.3 Å². The van der Waals surface area contributed by atoms with Crippen molar-refractivity contribution in [1.29, 1.82) is 0 Å². The second-order valence-corrected chi connectivity index (χ2v) is 9.80. The molecule has 2 aromatic carbocycles. The predicted molar refractivity (Wildman–Crippen MR) is 132 cm³/mol. The zero-order chi connectivity index (χ0) is 22.2. The average molecular weight is 511 g/mol. The molecule has 32 heavy (non-hydrogen) atoms. The topological polar surface area (TPSA) is 70.6 Å². The number of carbonyl (C=O) groups is 1. The number of halogens is 1. The lowest BCUT2D eigenvalue weighted by Gasteiger charge is -2.32. The number of nitrogens with one attached hydrogen (secondary N) is 2. The highest BCUT2D eigenvalue weighted by Gasteiger charge is 2.40. The average Bonchev–Trinajstić information content (AvgIpc) is 3.26. The van der Waals surface area contributed by atoms with Crippen LogP contribution in [0.5, 0.6) is 11.5 Å². The summed E-state index contributed by atoms with van der Waals surface area (Å²) in [6.07, 6.45) is 2.66. The number of thiophene rings is 1. The monoisotopic (exact) mass is 510 g/mol. The number of carbonyl (C=O) groups excluding carboxylic acids is 1. The minimum atomic E-state index is -0.385. The molecular weight excluding hydrogens is 488 g/mol. The van der Waals surface area contributed by atoms with Crippen LogP contribution in [0.25, 0.3) is 0 Å². The van der Waals surface area contributed by atoms with Gasteiger partial charge < -0.3 is 20.5 Å². The lowest BCUT2D eigenvalue weighted by molar-refractivity contribution is -0.122. The van der Waals surface area contributed by atoms with Crippen LogP contribution in [0.1, 0.15) is 35.7 Å². The molecule has 0 spiro atoms. The van der Waals surface area contributed by atoms with Crippen LogP contribution in [0, 0.1) is 5.92 Å². The molecule has 1 aliphatic carbocycles.